The average Bonchev–Trinajstić information content (AvgIpc) is 3.60. The summed E-state index contributed by atoms with van der Waals surface area (Å²) < 4.78 is 67.7. The monoisotopic (exact) mass is 570 g/mol. The van der Waals surface area contributed by atoms with Gasteiger partial charge in [0, 0.05) is 0 Å². The SMILES string of the molecule is CC1(C)CCN1c1ccc(F)[c]([Ti]([C]2=CC=CC2)([C]2=CC=CC2)[c]2c(F)ccc(N3CCC3(C)C)c2F)c1F. The minimum atomic E-state index is -4.82. The van der Waals surface area contributed by atoms with Crippen LogP contribution < -0.4 is 17.5 Å². The van der Waals surface area contributed by atoms with E-state index in [4.69, 9.17) is 0 Å². The molecule has 2 nitrogen and oxygen atoms in total. The van der Waals surface area contributed by atoms with Crippen LogP contribution in [-0.2, 0) is 16.6 Å². The van der Waals surface area contributed by atoms with Crippen molar-refractivity contribution in [2.45, 2.75) is 64.5 Å². The summed E-state index contributed by atoms with van der Waals surface area (Å²) in [6, 6.07) is 5.56. The molecule has 39 heavy (non-hydrogen) atoms. The molecule has 0 unspecified atom stereocenters. The van der Waals surface area contributed by atoms with E-state index in [2.05, 4.69) is 0 Å². The van der Waals surface area contributed by atoms with Gasteiger partial charge in [-0.05, 0) is 0 Å². The van der Waals surface area contributed by atoms with Gasteiger partial charge in [-0.25, -0.2) is 0 Å². The summed E-state index contributed by atoms with van der Waals surface area (Å²) in [5.74, 6) is -2.83. The molecule has 0 radical (unpaired) electrons. The summed E-state index contributed by atoms with van der Waals surface area (Å²) in [5.41, 5.74) is 0.0363. The number of allylic oxidation sites excluding steroid dienone is 8. The first kappa shape index (κ1) is 26.6. The second-order valence-corrected chi connectivity index (χ2v) is 18.2. The van der Waals surface area contributed by atoms with E-state index in [9.17, 15) is 0 Å². The van der Waals surface area contributed by atoms with Crippen LogP contribution in [0.25, 0.3) is 0 Å². The number of anilines is 2. The fraction of sp³-hybridized carbons (Fsp3) is 0.375. The number of benzene rings is 2. The molecule has 0 saturated carbocycles. The summed E-state index contributed by atoms with van der Waals surface area (Å²) in [7, 11) is 0. The summed E-state index contributed by atoms with van der Waals surface area (Å²) in [4.78, 5) is 3.87. The van der Waals surface area contributed by atoms with Gasteiger partial charge in [0.2, 0.25) is 0 Å². The molecule has 2 saturated heterocycles. The van der Waals surface area contributed by atoms with Crippen LogP contribution in [0.4, 0.5) is 28.9 Å². The molecule has 0 aromatic heterocycles. The molecule has 0 spiro atoms. The van der Waals surface area contributed by atoms with E-state index in [1.54, 1.807) is 0 Å². The molecule has 2 aromatic carbocycles. The van der Waals surface area contributed by atoms with Gasteiger partial charge in [0.25, 0.3) is 0 Å². The van der Waals surface area contributed by atoms with Crippen LogP contribution in [0.15, 0.2) is 68.5 Å². The topological polar surface area (TPSA) is 6.48 Å². The predicted octanol–water partition coefficient (Wildman–Crippen LogP) is 7.01. The van der Waals surface area contributed by atoms with E-state index in [0.29, 0.717) is 37.3 Å². The van der Waals surface area contributed by atoms with Gasteiger partial charge in [0.1, 0.15) is 0 Å². The minimum absolute atomic E-state index is 0.127. The fourth-order valence-electron chi connectivity index (χ4n) is 6.85. The van der Waals surface area contributed by atoms with E-state index >= 15 is 17.6 Å². The van der Waals surface area contributed by atoms with Crippen LogP contribution in [0, 0.1) is 23.3 Å². The molecule has 0 amide bonds. The quantitative estimate of drug-likeness (QED) is 0.272. The van der Waals surface area contributed by atoms with Crippen molar-refractivity contribution in [2.24, 2.45) is 0 Å². The van der Waals surface area contributed by atoms with Crippen LogP contribution in [0.1, 0.15) is 53.4 Å². The molecule has 4 aliphatic rings. The van der Waals surface area contributed by atoms with Gasteiger partial charge in [0.05, 0.1) is 0 Å². The van der Waals surface area contributed by atoms with E-state index in [1.165, 1.54) is 24.3 Å². The van der Waals surface area contributed by atoms with Crippen molar-refractivity contribution >= 4 is 19.1 Å². The maximum atomic E-state index is 17.0. The molecular weight excluding hydrogens is 536 g/mol. The first-order chi connectivity index (χ1) is 18.5. The Morgan fingerprint density at radius 2 is 1.05 bits per heavy atom. The number of halogens is 4. The Bertz CT molecular complexity index is 1370. The van der Waals surface area contributed by atoms with Gasteiger partial charge in [-0.15, -0.1) is 0 Å². The van der Waals surface area contributed by atoms with Gasteiger partial charge in [-0.1, -0.05) is 0 Å². The Morgan fingerprint density at radius 3 is 1.33 bits per heavy atom. The van der Waals surface area contributed by atoms with Crippen LogP contribution >= 0.6 is 0 Å². The molecule has 0 N–H and O–H groups in total. The molecule has 2 aromatic rings. The summed E-state index contributed by atoms with van der Waals surface area (Å²) in [6.07, 6.45) is 13.8. The number of rotatable bonds is 6. The standard InChI is InChI=1S/2C11H12F2N.2C5H5.Ti/c2*1-11(2)5-6-14(11)10-4-3-8(12)7-9(10)13;2*1-2-4-5-3-1;/h2*3-4H,5-6H2,1-2H3;2*1-3H,4H2;. The van der Waals surface area contributed by atoms with Gasteiger partial charge in [-0.2, -0.15) is 0 Å². The van der Waals surface area contributed by atoms with Crippen LogP contribution in [0.5, 0.6) is 0 Å². The Labute approximate surface area is 231 Å². The van der Waals surface area contributed by atoms with E-state index in [0.717, 1.165) is 20.6 Å². The zero-order valence-corrected chi connectivity index (χ0v) is 24.5. The summed E-state index contributed by atoms with van der Waals surface area (Å²) >= 11 is -4.82. The number of nitrogens with zero attached hydrogens (tertiary/aromatic N) is 2. The van der Waals surface area contributed by atoms with Crippen molar-refractivity contribution in [3.8, 4) is 0 Å². The third-order valence-electron chi connectivity index (χ3n) is 9.33. The van der Waals surface area contributed by atoms with Crippen molar-refractivity contribution in [1.29, 1.82) is 0 Å². The second-order valence-electron chi connectivity index (χ2n) is 12.3. The Morgan fingerprint density at radius 1 is 0.641 bits per heavy atom. The Balaban J connectivity index is 1.70. The first-order valence-corrected chi connectivity index (χ1v) is 16.9. The Hall–Kier alpha value is -2.57. The van der Waals surface area contributed by atoms with Crippen molar-refractivity contribution in [2.75, 3.05) is 22.9 Å². The average molecular weight is 570 g/mol. The van der Waals surface area contributed by atoms with Crippen LogP contribution in [0.2, 0.25) is 0 Å². The first-order valence-electron chi connectivity index (χ1n) is 13.7. The van der Waals surface area contributed by atoms with Crippen molar-refractivity contribution in [1.82, 2.24) is 0 Å². The van der Waals surface area contributed by atoms with Gasteiger partial charge in [0.15, 0.2) is 0 Å². The van der Waals surface area contributed by atoms with E-state index < -0.39 is 39.9 Å². The molecular formula is C32H34F4N2Ti. The van der Waals surface area contributed by atoms with Gasteiger partial charge >= 0.3 is 232 Å². The van der Waals surface area contributed by atoms with Gasteiger partial charge < -0.3 is 0 Å². The van der Waals surface area contributed by atoms with E-state index in [1.807, 2.05) is 74.0 Å². The molecule has 2 fully saturated rings. The molecule has 6 rings (SSSR count). The summed E-state index contributed by atoms with van der Waals surface area (Å²) in [6.45, 7) is 9.39. The summed E-state index contributed by atoms with van der Waals surface area (Å²) in [5, 5.41) is 0. The molecule has 2 aliphatic carbocycles. The van der Waals surface area contributed by atoms with E-state index in [-0.39, 0.29) is 18.8 Å². The van der Waals surface area contributed by atoms with Crippen molar-refractivity contribution < 1.29 is 34.2 Å². The Kier molecular flexibility index (Phi) is 6.31. The normalized spacial score (nSPS) is 21.1. The van der Waals surface area contributed by atoms with Crippen molar-refractivity contribution in [3.05, 3.63) is 91.7 Å². The molecule has 204 valence electrons. The molecule has 2 aliphatic heterocycles. The van der Waals surface area contributed by atoms with Crippen LogP contribution in [0.3, 0.4) is 0 Å². The predicted molar refractivity (Wildman–Crippen MR) is 148 cm³/mol. The fourth-order valence-corrected chi connectivity index (χ4v) is 15.1. The van der Waals surface area contributed by atoms with Gasteiger partial charge in [-0.3, -0.25) is 0 Å². The maximum absolute atomic E-state index is 17.0. The third kappa shape index (κ3) is 3.85. The second kappa shape index (κ2) is 9.24. The van der Waals surface area contributed by atoms with Crippen LogP contribution in [-0.4, -0.2) is 24.2 Å². The van der Waals surface area contributed by atoms with Crippen molar-refractivity contribution in [3.63, 3.8) is 0 Å². The zero-order chi connectivity index (χ0) is 27.7. The molecule has 0 atom stereocenters. The molecule has 2 heterocycles. The number of hydrogen-bond donors (Lipinski definition) is 0. The molecule has 0 bridgehead atoms. The molecule has 7 heteroatoms. The zero-order valence-electron chi connectivity index (χ0n) is 22.9. The number of hydrogen-bond acceptors (Lipinski definition) is 2. The third-order valence-corrected chi connectivity index (χ3v) is 17.3.